The topological polar surface area (TPSA) is 127 Å². The van der Waals surface area contributed by atoms with E-state index in [1.54, 1.807) is 48.7 Å². The summed E-state index contributed by atoms with van der Waals surface area (Å²) in [5.41, 5.74) is 0.882. The smallest absolute Gasteiger partial charge is 0.279 e. The van der Waals surface area contributed by atoms with E-state index < -0.39 is 16.9 Å². The Morgan fingerprint density at radius 3 is 2.56 bits per heavy atom. The molecule has 1 unspecified atom stereocenters. The standard InChI is InChI=1S/C23H18N4O5/c1-32-16-8-6-14(7-9-16)20(26-23(29)15-4-2-10-24-13-15)18-12-19(27(30)31)17-5-3-11-25-21(17)22(18)28/h2-13,20,28H,1H3,(H,26,29). The number of hydrogen-bond donors (Lipinski definition) is 2. The van der Waals surface area contributed by atoms with Crippen LogP contribution in [0.1, 0.15) is 27.5 Å². The fourth-order valence-electron chi connectivity index (χ4n) is 3.45. The highest BCUT2D eigenvalue weighted by atomic mass is 16.6. The first-order valence-electron chi connectivity index (χ1n) is 9.59. The van der Waals surface area contributed by atoms with E-state index in [0.29, 0.717) is 16.9 Å². The number of nitrogens with one attached hydrogen (secondary N) is 1. The van der Waals surface area contributed by atoms with E-state index in [9.17, 15) is 20.0 Å². The molecular formula is C23H18N4O5. The molecule has 0 aliphatic carbocycles. The number of phenols is 1. The van der Waals surface area contributed by atoms with Crippen LogP contribution < -0.4 is 10.1 Å². The zero-order chi connectivity index (χ0) is 22.7. The first kappa shape index (κ1) is 20.7. The molecule has 0 saturated carbocycles. The van der Waals surface area contributed by atoms with Crippen LogP contribution in [0.5, 0.6) is 11.5 Å². The van der Waals surface area contributed by atoms with E-state index in [-0.39, 0.29) is 27.9 Å². The quantitative estimate of drug-likeness (QED) is 0.352. The van der Waals surface area contributed by atoms with Crippen LogP contribution in [0.25, 0.3) is 10.9 Å². The SMILES string of the molecule is COc1ccc(C(NC(=O)c2cccnc2)c2cc([N+](=O)[O-])c3cccnc3c2O)cc1. The summed E-state index contributed by atoms with van der Waals surface area (Å²) in [6.45, 7) is 0. The first-order valence-corrected chi connectivity index (χ1v) is 9.59. The van der Waals surface area contributed by atoms with E-state index in [1.807, 2.05) is 0 Å². The van der Waals surface area contributed by atoms with Gasteiger partial charge in [-0.15, -0.1) is 0 Å². The Morgan fingerprint density at radius 2 is 1.91 bits per heavy atom. The molecule has 2 N–H and O–H groups in total. The highest BCUT2D eigenvalue weighted by Gasteiger charge is 2.27. The number of rotatable bonds is 6. The zero-order valence-corrected chi connectivity index (χ0v) is 16.9. The van der Waals surface area contributed by atoms with E-state index in [2.05, 4.69) is 15.3 Å². The molecule has 0 saturated heterocycles. The van der Waals surface area contributed by atoms with Gasteiger partial charge in [0.15, 0.2) is 0 Å². The lowest BCUT2D eigenvalue weighted by Gasteiger charge is -2.21. The third kappa shape index (κ3) is 3.91. The third-order valence-corrected chi connectivity index (χ3v) is 5.03. The van der Waals surface area contributed by atoms with Crippen molar-refractivity contribution < 1.29 is 19.6 Å². The molecule has 9 heteroatoms. The monoisotopic (exact) mass is 430 g/mol. The molecule has 9 nitrogen and oxygen atoms in total. The van der Waals surface area contributed by atoms with Gasteiger partial charge < -0.3 is 15.2 Å². The average molecular weight is 430 g/mol. The molecule has 160 valence electrons. The number of nitrogens with zero attached hydrogens (tertiary/aromatic N) is 3. The Kier molecular flexibility index (Phi) is 5.63. The molecule has 0 aliphatic heterocycles. The minimum atomic E-state index is -0.904. The molecule has 4 rings (SSSR count). The minimum Gasteiger partial charge on any atom is -0.505 e. The number of nitro benzene ring substituents is 1. The molecule has 0 fully saturated rings. The van der Waals surface area contributed by atoms with Gasteiger partial charge in [0, 0.05) is 30.2 Å². The second-order valence-electron chi connectivity index (χ2n) is 6.91. The van der Waals surface area contributed by atoms with Crippen molar-refractivity contribution >= 4 is 22.5 Å². The number of ether oxygens (including phenoxy) is 1. The number of carbonyl (C=O) groups excluding carboxylic acids is 1. The molecule has 2 aromatic heterocycles. The van der Waals surface area contributed by atoms with Crippen molar-refractivity contribution in [3.63, 3.8) is 0 Å². The number of amides is 1. The van der Waals surface area contributed by atoms with Gasteiger partial charge in [-0.2, -0.15) is 0 Å². The molecular weight excluding hydrogens is 412 g/mol. The van der Waals surface area contributed by atoms with Crippen LogP contribution in [0.15, 0.2) is 73.2 Å². The number of aromatic hydroxyl groups is 1. The maximum absolute atomic E-state index is 12.9. The van der Waals surface area contributed by atoms with Crippen molar-refractivity contribution in [3.8, 4) is 11.5 Å². The second-order valence-corrected chi connectivity index (χ2v) is 6.91. The van der Waals surface area contributed by atoms with Gasteiger partial charge in [0.1, 0.15) is 17.0 Å². The summed E-state index contributed by atoms with van der Waals surface area (Å²) in [5, 5.41) is 25.8. The second kappa shape index (κ2) is 8.68. The zero-order valence-electron chi connectivity index (χ0n) is 16.9. The van der Waals surface area contributed by atoms with Crippen LogP contribution in [0.4, 0.5) is 5.69 Å². The van der Waals surface area contributed by atoms with Gasteiger partial charge in [-0.1, -0.05) is 12.1 Å². The first-order chi connectivity index (χ1) is 15.5. The van der Waals surface area contributed by atoms with Crippen molar-refractivity contribution in [3.05, 3.63) is 100.0 Å². The average Bonchev–Trinajstić information content (AvgIpc) is 2.83. The van der Waals surface area contributed by atoms with E-state index in [4.69, 9.17) is 4.74 Å². The fraction of sp³-hybridized carbons (Fsp3) is 0.0870. The summed E-state index contributed by atoms with van der Waals surface area (Å²) in [5.74, 6) is -0.109. The summed E-state index contributed by atoms with van der Waals surface area (Å²) in [4.78, 5) is 32.2. The Hall–Kier alpha value is -4.53. The Morgan fingerprint density at radius 1 is 1.16 bits per heavy atom. The third-order valence-electron chi connectivity index (χ3n) is 5.03. The van der Waals surface area contributed by atoms with E-state index in [0.717, 1.165) is 0 Å². The number of pyridine rings is 2. The largest absolute Gasteiger partial charge is 0.505 e. The van der Waals surface area contributed by atoms with E-state index >= 15 is 0 Å². The Labute approximate surface area is 182 Å². The predicted molar refractivity (Wildman–Crippen MR) is 117 cm³/mol. The van der Waals surface area contributed by atoms with Gasteiger partial charge in [0.2, 0.25) is 0 Å². The van der Waals surface area contributed by atoms with Gasteiger partial charge in [0.25, 0.3) is 11.6 Å². The van der Waals surface area contributed by atoms with Crippen LogP contribution in [0.3, 0.4) is 0 Å². The minimum absolute atomic E-state index is 0.0749. The van der Waals surface area contributed by atoms with Crippen LogP contribution in [0, 0.1) is 10.1 Å². The summed E-state index contributed by atoms with van der Waals surface area (Å²) in [6, 6.07) is 13.5. The molecule has 2 aromatic carbocycles. The van der Waals surface area contributed by atoms with Crippen molar-refractivity contribution in [1.82, 2.24) is 15.3 Å². The maximum atomic E-state index is 12.9. The molecule has 2 heterocycles. The molecule has 1 amide bonds. The number of phenolic OH excluding ortho intramolecular Hbond substituents is 1. The molecule has 0 radical (unpaired) electrons. The fourth-order valence-corrected chi connectivity index (χ4v) is 3.45. The van der Waals surface area contributed by atoms with Gasteiger partial charge >= 0.3 is 0 Å². The van der Waals surface area contributed by atoms with Gasteiger partial charge in [-0.25, -0.2) is 0 Å². The van der Waals surface area contributed by atoms with Gasteiger partial charge in [-0.3, -0.25) is 24.9 Å². The van der Waals surface area contributed by atoms with E-state index in [1.165, 1.54) is 31.6 Å². The lowest BCUT2D eigenvalue weighted by molar-refractivity contribution is -0.383. The Bertz CT molecular complexity index is 1290. The van der Waals surface area contributed by atoms with Crippen LogP contribution >= 0.6 is 0 Å². The number of hydrogen-bond acceptors (Lipinski definition) is 7. The molecule has 0 bridgehead atoms. The van der Waals surface area contributed by atoms with Crippen LogP contribution in [0.2, 0.25) is 0 Å². The number of aromatic nitrogens is 2. The molecule has 0 aliphatic rings. The Balaban J connectivity index is 1.89. The highest BCUT2D eigenvalue weighted by molar-refractivity contribution is 5.96. The molecule has 1 atom stereocenters. The number of fused-ring (bicyclic) bond motifs is 1. The highest BCUT2D eigenvalue weighted by Crippen LogP contribution is 2.39. The normalized spacial score (nSPS) is 11.7. The van der Waals surface area contributed by atoms with Crippen LogP contribution in [-0.4, -0.2) is 33.0 Å². The summed E-state index contributed by atoms with van der Waals surface area (Å²) >= 11 is 0. The lowest BCUT2D eigenvalue weighted by atomic mass is 9.95. The van der Waals surface area contributed by atoms with Gasteiger partial charge in [0.05, 0.1) is 29.0 Å². The number of benzene rings is 2. The number of non-ortho nitro benzene ring substituents is 1. The van der Waals surface area contributed by atoms with Crippen LogP contribution in [-0.2, 0) is 0 Å². The number of methoxy groups -OCH3 is 1. The summed E-state index contributed by atoms with van der Waals surface area (Å²) in [7, 11) is 1.53. The summed E-state index contributed by atoms with van der Waals surface area (Å²) in [6.07, 6.45) is 4.39. The van der Waals surface area contributed by atoms with Gasteiger partial charge in [-0.05, 0) is 42.0 Å². The predicted octanol–water partition coefficient (Wildman–Crippen LogP) is 3.77. The van der Waals surface area contributed by atoms with Crippen molar-refractivity contribution in [2.75, 3.05) is 7.11 Å². The maximum Gasteiger partial charge on any atom is 0.279 e. The summed E-state index contributed by atoms with van der Waals surface area (Å²) < 4.78 is 5.19. The molecule has 0 spiro atoms. The molecule has 32 heavy (non-hydrogen) atoms. The van der Waals surface area contributed by atoms with Crippen molar-refractivity contribution in [2.45, 2.75) is 6.04 Å². The number of nitro groups is 1. The number of carbonyl (C=O) groups is 1. The van der Waals surface area contributed by atoms with Crippen molar-refractivity contribution in [1.29, 1.82) is 0 Å². The van der Waals surface area contributed by atoms with Crippen molar-refractivity contribution in [2.24, 2.45) is 0 Å². The lowest BCUT2D eigenvalue weighted by Crippen LogP contribution is -2.29. The molecule has 4 aromatic rings.